The van der Waals surface area contributed by atoms with E-state index in [1.54, 1.807) is 0 Å². The maximum absolute atomic E-state index is 5.71. The molecule has 0 amide bonds. The van der Waals surface area contributed by atoms with Gasteiger partial charge in [-0.05, 0) is 51.4 Å². The first-order valence-corrected chi connectivity index (χ1v) is 29.0. The van der Waals surface area contributed by atoms with E-state index in [-0.39, 0.29) is 50.6 Å². The Bertz CT molecular complexity index is 645. The number of rotatable bonds is 16. The molecule has 0 spiro atoms. The number of hydrogen-bond acceptors (Lipinski definition) is 4. The molecule has 0 saturated heterocycles. The van der Waals surface area contributed by atoms with Crippen molar-refractivity contribution in [3.05, 3.63) is 0 Å². The first-order chi connectivity index (χ1) is 23.2. The van der Waals surface area contributed by atoms with Gasteiger partial charge in [-0.1, -0.05) is 152 Å². The Morgan fingerprint density at radius 2 is 0.500 bits per heavy atom. The van der Waals surface area contributed by atoms with Crippen molar-refractivity contribution in [1.82, 2.24) is 18.7 Å². The quantitative estimate of drug-likeness (QED) is 0.113. The SMILES string of the molecule is CCN(CC)P(C1CCCC1)N(CC)CC.CCN(CC)P(C1CCCC1)N(CC)CC.ClP(Cl)C1CCCC1.ClP(Cl)C1CCCC1.[Fe].[Fe]. The molecule has 0 radical (unpaired) electrons. The molecule has 304 valence electrons. The Hall–Kier alpha value is 3.76. The van der Waals surface area contributed by atoms with Crippen LogP contribution in [0.25, 0.3) is 0 Å². The molecule has 4 aliphatic carbocycles. The summed E-state index contributed by atoms with van der Waals surface area (Å²) in [7, 11) is -0.0448. The Kier molecular flexibility index (Phi) is 38.8. The summed E-state index contributed by atoms with van der Waals surface area (Å²) in [5, 5.41) is 0. The molecule has 4 aliphatic rings. The van der Waals surface area contributed by atoms with Gasteiger partial charge in [-0.3, -0.25) is 18.7 Å². The predicted molar refractivity (Wildman–Crippen MR) is 232 cm³/mol. The predicted octanol–water partition coefficient (Wildman–Crippen LogP) is 15.3. The van der Waals surface area contributed by atoms with Gasteiger partial charge < -0.3 is 0 Å². The molecular weight excluding hydrogens is 866 g/mol. The van der Waals surface area contributed by atoms with E-state index in [9.17, 15) is 0 Å². The van der Waals surface area contributed by atoms with Crippen LogP contribution in [0.4, 0.5) is 0 Å². The summed E-state index contributed by atoms with van der Waals surface area (Å²) < 4.78 is 10.9. The van der Waals surface area contributed by atoms with Gasteiger partial charge in [-0.25, -0.2) is 0 Å². The normalized spacial score (nSPS) is 19.0. The van der Waals surface area contributed by atoms with Gasteiger partial charge in [0, 0.05) is 126 Å². The van der Waals surface area contributed by atoms with Crippen molar-refractivity contribution in [1.29, 1.82) is 0 Å². The van der Waals surface area contributed by atoms with Gasteiger partial charge in [0.1, 0.15) is 0 Å². The maximum Gasteiger partial charge on any atom is 0.0886 e. The van der Waals surface area contributed by atoms with Gasteiger partial charge in [0.05, 0.1) is 13.3 Å². The third-order valence-electron chi connectivity index (χ3n) is 10.6. The third kappa shape index (κ3) is 21.0. The van der Waals surface area contributed by atoms with E-state index in [1.807, 2.05) is 0 Å². The molecule has 0 aromatic carbocycles. The number of nitrogens with zero attached hydrogens (tertiary/aromatic N) is 4. The van der Waals surface area contributed by atoms with E-state index in [0.717, 1.165) is 11.3 Å². The van der Waals surface area contributed by atoms with Gasteiger partial charge in [-0.2, -0.15) is 0 Å². The minimum Gasteiger partial charge on any atom is -0.270 e. The van der Waals surface area contributed by atoms with E-state index in [0.29, 0.717) is 11.3 Å². The molecule has 0 N–H and O–H groups in total. The van der Waals surface area contributed by atoms with Crippen LogP contribution < -0.4 is 0 Å². The topological polar surface area (TPSA) is 13.0 Å². The van der Waals surface area contributed by atoms with Gasteiger partial charge in [0.2, 0.25) is 0 Å². The van der Waals surface area contributed by atoms with E-state index < -0.39 is 13.3 Å². The molecule has 0 aromatic heterocycles. The fourth-order valence-corrected chi connectivity index (χ4v) is 18.2. The standard InChI is InChI=1S/2C13H29N2P.2C5H9Cl2P.2Fe/c2*1-5-14(6-2)16(15(7-3)8-4)13-11-9-10-12-13;2*6-8(7)5-3-1-2-4-5;;/h2*13H,5-12H2,1-4H3;2*5H,1-4H2;;. The van der Waals surface area contributed by atoms with Crippen LogP contribution in [0.1, 0.15) is 158 Å². The van der Waals surface area contributed by atoms with E-state index in [4.69, 9.17) is 45.0 Å². The zero-order chi connectivity index (χ0) is 35.9. The summed E-state index contributed by atoms with van der Waals surface area (Å²) in [4.78, 5) is 0. The van der Waals surface area contributed by atoms with Crippen LogP contribution in [-0.4, -0.2) is 93.7 Å². The molecule has 4 saturated carbocycles. The molecule has 14 heteroatoms. The molecule has 4 nitrogen and oxygen atoms in total. The second-order valence-corrected chi connectivity index (χ2v) is 26.4. The van der Waals surface area contributed by atoms with Gasteiger partial charge in [-0.15, -0.1) is 0 Å². The van der Waals surface area contributed by atoms with Crippen LogP contribution >= 0.6 is 74.7 Å². The Labute approximate surface area is 357 Å². The molecule has 0 atom stereocenters. The minimum atomic E-state index is -0.657. The Morgan fingerprint density at radius 1 is 0.340 bits per heavy atom. The number of hydrogen-bond donors (Lipinski definition) is 0. The van der Waals surface area contributed by atoms with E-state index in [1.165, 1.54) is 155 Å². The third-order valence-corrected chi connectivity index (χ3v) is 23.0. The van der Waals surface area contributed by atoms with Crippen molar-refractivity contribution in [3.63, 3.8) is 0 Å². The molecule has 4 rings (SSSR count). The number of halogens is 4. The summed E-state index contributed by atoms with van der Waals surface area (Å²) >= 11 is 22.9. The first-order valence-electron chi connectivity index (χ1n) is 20.0. The zero-order valence-electron chi connectivity index (χ0n) is 33.1. The largest absolute Gasteiger partial charge is 0.270 e. The summed E-state index contributed by atoms with van der Waals surface area (Å²) in [6.07, 6.45) is 22.1. The molecular formula is C36H76Cl4Fe2N4P4. The van der Waals surface area contributed by atoms with Gasteiger partial charge >= 0.3 is 0 Å². The van der Waals surface area contributed by atoms with Crippen molar-refractivity contribution in [2.24, 2.45) is 0 Å². The van der Waals surface area contributed by atoms with Crippen molar-refractivity contribution < 1.29 is 34.1 Å². The van der Waals surface area contributed by atoms with Crippen molar-refractivity contribution in [2.75, 3.05) is 52.4 Å². The van der Waals surface area contributed by atoms with Crippen molar-refractivity contribution in [2.45, 2.75) is 181 Å². The van der Waals surface area contributed by atoms with Crippen LogP contribution in [0, 0.1) is 0 Å². The monoisotopic (exact) mass is 940 g/mol. The second-order valence-electron chi connectivity index (χ2n) is 13.5. The summed E-state index contributed by atoms with van der Waals surface area (Å²) in [6.45, 7) is 27.0. The maximum atomic E-state index is 5.71. The molecule has 0 aliphatic heterocycles. The van der Waals surface area contributed by atoms with E-state index >= 15 is 0 Å². The van der Waals surface area contributed by atoms with Crippen LogP contribution in [0.15, 0.2) is 0 Å². The Morgan fingerprint density at radius 3 is 0.620 bits per heavy atom. The smallest absolute Gasteiger partial charge is 0.0886 e. The molecule has 0 unspecified atom stereocenters. The second kappa shape index (κ2) is 34.8. The summed E-state index contributed by atoms with van der Waals surface area (Å²) in [6, 6.07) is 0. The fourth-order valence-electron chi connectivity index (χ4n) is 7.80. The van der Waals surface area contributed by atoms with Crippen LogP contribution in [0.3, 0.4) is 0 Å². The summed E-state index contributed by atoms with van der Waals surface area (Å²) in [5.74, 6) is 0. The zero-order valence-corrected chi connectivity index (χ0v) is 41.9. The average molecular weight is 942 g/mol. The Balaban J connectivity index is 0. The first kappa shape index (κ1) is 55.9. The van der Waals surface area contributed by atoms with Crippen LogP contribution in [0.5, 0.6) is 0 Å². The van der Waals surface area contributed by atoms with Crippen LogP contribution in [0.2, 0.25) is 0 Å². The minimum absolute atomic E-state index is 0. The van der Waals surface area contributed by atoms with Crippen LogP contribution in [-0.2, 0) is 34.1 Å². The molecule has 50 heavy (non-hydrogen) atoms. The van der Waals surface area contributed by atoms with Gasteiger partial charge in [0.25, 0.3) is 0 Å². The van der Waals surface area contributed by atoms with Crippen molar-refractivity contribution >= 4 is 74.7 Å². The molecule has 0 aromatic rings. The van der Waals surface area contributed by atoms with E-state index in [2.05, 4.69) is 74.1 Å². The van der Waals surface area contributed by atoms with Crippen molar-refractivity contribution in [3.8, 4) is 0 Å². The molecule has 4 fully saturated rings. The average Bonchev–Trinajstić information content (AvgIpc) is 3.94. The molecule has 0 heterocycles. The summed E-state index contributed by atoms with van der Waals surface area (Å²) in [5.41, 5.74) is 3.28. The molecule has 0 bridgehead atoms. The fraction of sp³-hybridized carbons (Fsp3) is 1.00. The van der Waals surface area contributed by atoms with Gasteiger partial charge in [0.15, 0.2) is 0 Å².